The molecule has 2 aromatic rings. The summed E-state index contributed by atoms with van der Waals surface area (Å²) in [4.78, 5) is 26.3. The van der Waals surface area contributed by atoms with Gasteiger partial charge in [-0.05, 0) is 75.8 Å². The molecule has 3 rings (SSSR count). The van der Waals surface area contributed by atoms with Crippen molar-refractivity contribution in [2.75, 3.05) is 22.1 Å². The molecule has 2 atom stereocenters. The van der Waals surface area contributed by atoms with Crippen molar-refractivity contribution in [3.05, 3.63) is 53.6 Å². The fraction of sp³-hybridized carbons (Fsp3) is 0.462. The number of carboxylic acids is 1. The maximum absolute atomic E-state index is 12.9. The minimum absolute atomic E-state index is 0.0286. The van der Waals surface area contributed by atoms with Crippen LogP contribution >= 0.6 is 0 Å². The Bertz CT molecular complexity index is 982. The lowest BCUT2D eigenvalue weighted by Gasteiger charge is -2.36. The van der Waals surface area contributed by atoms with Crippen molar-refractivity contribution in [2.45, 2.75) is 70.9 Å². The van der Waals surface area contributed by atoms with Crippen molar-refractivity contribution >= 4 is 29.1 Å². The van der Waals surface area contributed by atoms with Crippen LogP contribution in [0.4, 0.5) is 21.9 Å². The molecule has 0 saturated carbocycles. The van der Waals surface area contributed by atoms with Crippen LogP contribution in [-0.2, 0) is 4.79 Å². The van der Waals surface area contributed by atoms with Gasteiger partial charge in [0.25, 0.3) is 0 Å². The number of rotatable bonds is 8. The zero-order chi connectivity index (χ0) is 24.2. The molecule has 1 aliphatic heterocycles. The molecule has 33 heavy (non-hydrogen) atoms. The summed E-state index contributed by atoms with van der Waals surface area (Å²) in [7, 11) is 0. The predicted octanol–water partition coefficient (Wildman–Crippen LogP) is 5.35. The molecule has 1 saturated heterocycles. The molecule has 178 valence electrons. The van der Waals surface area contributed by atoms with Crippen LogP contribution in [0.15, 0.2) is 42.5 Å². The van der Waals surface area contributed by atoms with Gasteiger partial charge in [-0.2, -0.15) is 0 Å². The molecule has 4 N–H and O–H groups in total. The predicted molar refractivity (Wildman–Crippen MR) is 132 cm³/mol. The van der Waals surface area contributed by atoms with Gasteiger partial charge < -0.3 is 25.7 Å². The smallest absolute Gasteiger partial charge is 0.323 e. The summed E-state index contributed by atoms with van der Waals surface area (Å²) in [6.07, 6.45) is 2.51. The van der Waals surface area contributed by atoms with E-state index >= 15 is 0 Å². The minimum Gasteiger partial charge on any atom is -0.481 e. The highest BCUT2D eigenvalue weighted by atomic mass is 16.4. The summed E-state index contributed by atoms with van der Waals surface area (Å²) in [5, 5.41) is 25.9. The van der Waals surface area contributed by atoms with E-state index < -0.39 is 11.6 Å². The summed E-state index contributed by atoms with van der Waals surface area (Å²) in [5.41, 5.74) is 3.19. The van der Waals surface area contributed by atoms with Gasteiger partial charge in [-0.15, -0.1) is 0 Å². The number of anilines is 3. The number of amides is 2. The molecule has 1 heterocycles. The molecule has 2 amide bonds. The van der Waals surface area contributed by atoms with Crippen LogP contribution in [0.3, 0.4) is 0 Å². The lowest BCUT2D eigenvalue weighted by atomic mass is 9.92. The second kappa shape index (κ2) is 10.3. The molecule has 0 radical (unpaired) electrons. The molecule has 1 aliphatic rings. The average molecular weight is 454 g/mol. The largest absolute Gasteiger partial charge is 0.481 e. The number of nitrogens with zero attached hydrogens (tertiary/aromatic N) is 1. The van der Waals surface area contributed by atoms with Gasteiger partial charge in [0.05, 0.1) is 29.4 Å². The summed E-state index contributed by atoms with van der Waals surface area (Å²) < 4.78 is 0. The van der Waals surface area contributed by atoms with E-state index in [0.29, 0.717) is 17.8 Å². The SMILES string of the molecule is CCC(CC(=O)O)c1ccc(N2CCC[C@@H]2C(C)(C)O)c(NC(=O)Nc2ccc(C)cc2)c1. The van der Waals surface area contributed by atoms with Gasteiger partial charge in [-0.3, -0.25) is 4.79 Å². The first-order valence-corrected chi connectivity index (χ1v) is 11.6. The van der Waals surface area contributed by atoms with E-state index in [1.54, 1.807) is 0 Å². The zero-order valence-electron chi connectivity index (χ0n) is 19.9. The Hall–Kier alpha value is -3.06. The zero-order valence-corrected chi connectivity index (χ0v) is 19.9. The van der Waals surface area contributed by atoms with Crippen LogP contribution in [0.1, 0.15) is 63.5 Å². The van der Waals surface area contributed by atoms with Crippen LogP contribution in [0.5, 0.6) is 0 Å². The van der Waals surface area contributed by atoms with E-state index in [9.17, 15) is 19.8 Å². The van der Waals surface area contributed by atoms with Crippen LogP contribution in [0.25, 0.3) is 0 Å². The number of hydrogen-bond acceptors (Lipinski definition) is 4. The van der Waals surface area contributed by atoms with E-state index in [1.165, 1.54) is 0 Å². The highest BCUT2D eigenvalue weighted by Crippen LogP contribution is 2.38. The first-order valence-electron chi connectivity index (χ1n) is 11.6. The lowest BCUT2D eigenvalue weighted by molar-refractivity contribution is -0.137. The molecule has 1 fully saturated rings. The van der Waals surface area contributed by atoms with Gasteiger partial charge in [-0.1, -0.05) is 30.7 Å². The fourth-order valence-corrected chi connectivity index (χ4v) is 4.58. The van der Waals surface area contributed by atoms with Gasteiger partial charge in [0.1, 0.15) is 0 Å². The minimum atomic E-state index is -0.897. The lowest BCUT2D eigenvalue weighted by Crippen LogP contribution is -2.46. The summed E-state index contributed by atoms with van der Waals surface area (Å²) in [6.45, 7) is 8.33. The number of aliphatic carboxylic acids is 1. The molecule has 0 aliphatic carbocycles. The normalized spacial score (nSPS) is 17.0. The third kappa shape index (κ3) is 6.26. The topological polar surface area (TPSA) is 102 Å². The third-order valence-corrected chi connectivity index (χ3v) is 6.34. The number of aryl methyl sites for hydroxylation is 1. The number of aliphatic hydroxyl groups is 1. The maximum atomic E-state index is 12.9. The number of hydrogen-bond donors (Lipinski definition) is 4. The standard InChI is InChI=1S/C26H35N3O4/c1-5-18(16-24(30)31)19-10-13-22(29-14-6-7-23(29)26(3,4)33)21(15-19)28-25(32)27-20-11-8-17(2)9-12-20/h8-13,15,18,23,33H,5-7,14,16H2,1-4H3,(H,30,31)(H2,27,28,32)/t18?,23-/m1/s1. The van der Waals surface area contributed by atoms with Gasteiger partial charge in [0.15, 0.2) is 0 Å². The second-order valence-electron chi connectivity index (χ2n) is 9.43. The Morgan fingerprint density at radius 3 is 2.45 bits per heavy atom. The molecular formula is C26H35N3O4. The number of benzene rings is 2. The molecule has 7 nitrogen and oxygen atoms in total. The number of urea groups is 1. The van der Waals surface area contributed by atoms with E-state index in [2.05, 4.69) is 15.5 Å². The fourth-order valence-electron chi connectivity index (χ4n) is 4.58. The first-order chi connectivity index (χ1) is 15.6. The van der Waals surface area contributed by atoms with Gasteiger partial charge >= 0.3 is 12.0 Å². The molecule has 1 unspecified atom stereocenters. The van der Waals surface area contributed by atoms with Crippen molar-refractivity contribution in [3.8, 4) is 0 Å². The van der Waals surface area contributed by atoms with Crippen LogP contribution in [0.2, 0.25) is 0 Å². The number of nitrogens with one attached hydrogen (secondary N) is 2. The van der Waals surface area contributed by atoms with Crippen molar-refractivity contribution in [3.63, 3.8) is 0 Å². The van der Waals surface area contributed by atoms with Crippen molar-refractivity contribution in [1.29, 1.82) is 0 Å². The Morgan fingerprint density at radius 2 is 1.85 bits per heavy atom. The Morgan fingerprint density at radius 1 is 1.15 bits per heavy atom. The molecule has 7 heteroatoms. The molecule has 0 spiro atoms. The van der Waals surface area contributed by atoms with E-state index in [4.69, 9.17) is 0 Å². The van der Waals surface area contributed by atoms with Crippen molar-refractivity contribution in [1.82, 2.24) is 0 Å². The van der Waals surface area contributed by atoms with E-state index in [0.717, 1.165) is 36.2 Å². The van der Waals surface area contributed by atoms with Crippen LogP contribution in [0, 0.1) is 6.92 Å². The van der Waals surface area contributed by atoms with E-state index in [-0.39, 0.29) is 24.4 Å². The molecular weight excluding hydrogens is 418 g/mol. The average Bonchev–Trinajstić information content (AvgIpc) is 3.24. The second-order valence-corrected chi connectivity index (χ2v) is 9.43. The highest BCUT2D eigenvalue weighted by Gasteiger charge is 2.37. The monoisotopic (exact) mass is 453 g/mol. The van der Waals surface area contributed by atoms with Crippen molar-refractivity contribution < 1.29 is 19.8 Å². The third-order valence-electron chi connectivity index (χ3n) is 6.34. The Labute approximate surface area is 195 Å². The number of carbonyl (C=O) groups excluding carboxylic acids is 1. The summed E-state index contributed by atoms with van der Waals surface area (Å²) >= 11 is 0. The van der Waals surface area contributed by atoms with Gasteiger partial charge in [0, 0.05) is 12.2 Å². The van der Waals surface area contributed by atoms with Crippen LogP contribution in [-0.4, -0.2) is 40.4 Å². The van der Waals surface area contributed by atoms with E-state index in [1.807, 2.05) is 70.2 Å². The molecule has 0 aromatic heterocycles. The van der Waals surface area contributed by atoms with Crippen LogP contribution < -0.4 is 15.5 Å². The van der Waals surface area contributed by atoms with Crippen molar-refractivity contribution in [2.24, 2.45) is 0 Å². The summed E-state index contributed by atoms with van der Waals surface area (Å²) in [6, 6.07) is 12.8. The highest BCUT2D eigenvalue weighted by molar-refractivity contribution is 6.02. The quantitative estimate of drug-likeness (QED) is 0.432. The molecule has 0 bridgehead atoms. The maximum Gasteiger partial charge on any atom is 0.323 e. The number of carboxylic acid groups (broad SMARTS) is 1. The Balaban J connectivity index is 1.94. The summed E-state index contributed by atoms with van der Waals surface area (Å²) in [5.74, 6) is -1.000. The van der Waals surface area contributed by atoms with Gasteiger partial charge in [0.2, 0.25) is 0 Å². The number of carbonyl (C=O) groups is 2. The first kappa shape index (κ1) is 24.6. The Kier molecular flexibility index (Phi) is 7.64. The molecule has 2 aromatic carbocycles. The van der Waals surface area contributed by atoms with Gasteiger partial charge in [-0.25, -0.2) is 4.79 Å².